The second kappa shape index (κ2) is 13.0. The van der Waals surface area contributed by atoms with Crippen molar-refractivity contribution in [1.29, 1.82) is 0 Å². The van der Waals surface area contributed by atoms with Gasteiger partial charge in [0.25, 0.3) is 6.43 Å². The third-order valence-electron chi connectivity index (χ3n) is 7.76. The normalized spacial score (nSPS) is 20.4. The number of nitrogens with zero attached hydrogens (tertiary/aromatic N) is 6. The number of halogens is 2. The molecule has 3 aromatic rings. The first-order valence-corrected chi connectivity index (χ1v) is 14.2. The largest absolute Gasteiger partial charge is 0.383 e. The zero-order chi connectivity index (χ0) is 28.9. The first kappa shape index (κ1) is 29.1. The van der Waals surface area contributed by atoms with Crippen LogP contribution in [0, 0.1) is 0 Å². The maximum atomic E-state index is 14.2. The van der Waals surface area contributed by atoms with E-state index in [0.717, 1.165) is 25.7 Å². The summed E-state index contributed by atoms with van der Waals surface area (Å²) in [5, 5.41) is 3.16. The van der Waals surface area contributed by atoms with Crippen molar-refractivity contribution in [2.45, 2.75) is 57.2 Å². The molecule has 5 rings (SSSR count). The lowest BCUT2D eigenvalue weighted by atomic mass is 9.89. The van der Waals surface area contributed by atoms with E-state index in [-0.39, 0.29) is 29.8 Å². The van der Waals surface area contributed by atoms with Crippen LogP contribution in [0.4, 0.5) is 20.5 Å². The summed E-state index contributed by atoms with van der Waals surface area (Å²) < 4.78 is 40.5. The van der Waals surface area contributed by atoms with E-state index in [4.69, 9.17) is 20.2 Å². The zero-order valence-electron chi connectivity index (χ0n) is 23.5. The molecule has 1 aromatic carbocycles. The van der Waals surface area contributed by atoms with Crippen LogP contribution in [0.1, 0.15) is 44.9 Å². The average Bonchev–Trinajstić information content (AvgIpc) is 3.38. The second-order valence-corrected chi connectivity index (χ2v) is 10.5. The first-order chi connectivity index (χ1) is 19.9. The van der Waals surface area contributed by atoms with Gasteiger partial charge in [-0.3, -0.25) is 9.36 Å². The lowest BCUT2D eigenvalue weighted by Crippen LogP contribution is -2.56. The van der Waals surface area contributed by atoms with Crippen LogP contribution >= 0.6 is 0 Å². The fourth-order valence-electron chi connectivity index (χ4n) is 5.65. The third kappa shape index (κ3) is 6.41. The molecule has 2 unspecified atom stereocenters. The Balaban J connectivity index is 1.50. The number of hydrogen-bond donors (Lipinski definition) is 2. The van der Waals surface area contributed by atoms with Crippen molar-refractivity contribution in [3.8, 4) is 5.82 Å². The van der Waals surface area contributed by atoms with Crippen LogP contribution in [-0.2, 0) is 14.3 Å². The van der Waals surface area contributed by atoms with E-state index >= 15 is 0 Å². The highest BCUT2D eigenvalue weighted by Crippen LogP contribution is 2.30. The number of rotatable bonds is 10. The number of aromatic nitrogens is 4. The summed E-state index contributed by atoms with van der Waals surface area (Å²) in [4.78, 5) is 31.1. The van der Waals surface area contributed by atoms with Gasteiger partial charge < -0.3 is 30.3 Å². The molecule has 1 aliphatic heterocycles. The SMILES string of the molecule is COCCN(C(=O)[C@H](C)Nc1nc(N2CCOCC2)cc(-n2c(C(F)F)nc3ccccc32)n1)C1CCCCC1N. The summed E-state index contributed by atoms with van der Waals surface area (Å²) in [5.41, 5.74) is 7.37. The van der Waals surface area contributed by atoms with E-state index in [1.165, 1.54) is 4.57 Å². The summed E-state index contributed by atoms with van der Waals surface area (Å²) in [5.74, 6) is 0.377. The Bertz CT molecular complexity index is 1330. The molecule has 3 N–H and O–H groups in total. The van der Waals surface area contributed by atoms with Crippen molar-refractivity contribution >= 4 is 28.7 Å². The maximum Gasteiger partial charge on any atom is 0.296 e. The number of benzene rings is 1. The van der Waals surface area contributed by atoms with E-state index in [1.807, 2.05) is 4.90 Å². The smallest absolute Gasteiger partial charge is 0.296 e. The van der Waals surface area contributed by atoms with E-state index in [2.05, 4.69) is 15.3 Å². The number of anilines is 2. The van der Waals surface area contributed by atoms with Gasteiger partial charge in [-0.15, -0.1) is 0 Å². The molecule has 13 heteroatoms. The molecule has 2 aliphatic rings. The van der Waals surface area contributed by atoms with Crippen molar-refractivity contribution in [3.63, 3.8) is 0 Å². The molecule has 41 heavy (non-hydrogen) atoms. The topological polar surface area (TPSA) is 124 Å². The molecule has 1 saturated heterocycles. The standard InChI is InChI=1S/C28H38F2N8O3/c1-18(27(39)37(13-14-40-2)21-9-5-3-7-19(21)31)32-28-34-23(36-11-15-41-16-12-36)17-24(35-28)38-22-10-6-4-8-20(22)33-26(38)25(29)30/h4,6,8,10,17-19,21,25H,3,5,7,9,11-16,31H2,1-2H3,(H,32,34,35)/t18-,19?,21?/m0/s1. The predicted octanol–water partition coefficient (Wildman–Crippen LogP) is 3.14. The van der Waals surface area contributed by atoms with Crippen molar-refractivity contribution in [2.24, 2.45) is 5.73 Å². The number of para-hydroxylation sites is 2. The molecule has 0 radical (unpaired) electrons. The number of nitrogens with one attached hydrogen (secondary N) is 1. The maximum absolute atomic E-state index is 14.2. The first-order valence-electron chi connectivity index (χ1n) is 14.2. The summed E-state index contributed by atoms with van der Waals surface area (Å²) in [6.07, 6.45) is 0.932. The van der Waals surface area contributed by atoms with Gasteiger partial charge in [0.2, 0.25) is 11.9 Å². The van der Waals surface area contributed by atoms with Crippen molar-refractivity contribution in [2.75, 3.05) is 56.8 Å². The second-order valence-electron chi connectivity index (χ2n) is 10.5. The molecule has 2 aromatic heterocycles. The molecular weight excluding hydrogens is 534 g/mol. The summed E-state index contributed by atoms with van der Waals surface area (Å²) >= 11 is 0. The highest BCUT2D eigenvalue weighted by atomic mass is 19.3. The van der Waals surface area contributed by atoms with Crippen LogP contribution < -0.4 is 16.0 Å². The molecule has 0 bridgehead atoms. The number of morpholine rings is 1. The van der Waals surface area contributed by atoms with Crippen LogP contribution in [0.3, 0.4) is 0 Å². The number of fused-ring (bicyclic) bond motifs is 1. The molecule has 222 valence electrons. The van der Waals surface area contributed by atoms with Gasteiger partial charge in [0.1, 0.15) is 17.7 Å². The number of carbonyl (C=O) groups is 1. The highest BCUT2D eigenvalue weighted by molar-refractivity contribution is 5.84. The van der Waals surface area contributed by atoms with Crippen LogP contribution in [-0.4, -0.2) is 95.0 Å². The average molecular weight is 573 g/mol. The fraction of sp³-hybridized carbons (Fsp3) is 0.571. The van der Waals surface area contributed by atoms with E-state index in [1.54, 1.807) is 49.3 Å². The van der Waals surface area contributed by atoms with Gasteiger partial charge in [-0.1, -0.05) is 25.0 Å². The minimum Gasteiger partial charge on any atom is -0.383 e. The predicted molar refractivity (Wildman–Crippen MR) is 152 cm³/mol. The van der Waals surface area contributed by atoms with E-state index in [0.29, 0.717) is 56.3 Å². The van der Waals surface area contributed by atoms with E-state index in [9.17, 15) is 13.6 Å². The summed E-state index contributed by atoms with van der Waals surface area (Å²) in [6.45, 7) is 4.75. The number of alkyl halides is 2. The minimum absolute atomic E-state index is 0.0854. The Hall–Kier alpha value is -3.42. The molecule has 0 spiro atoms. The highest BCUT2D eigenvalue weighted by Gasteiger charge is 2.33. The third-order valence-corrected chi connectivity index (χ3v) is 7.76. The van der Waals surface area contributed by atoms with Crippen LogP contribution in [0.2, 0.25) is 0 Å². The number of ether oxygens (including phenoxy) is 2. The molecular formula is C28H38F2N8O3. The Morgan fingerprint density at radius 1 is 1.17 bits per heavy atom. The van der Waals surface area contributed by atoms with Gasteiger partial charge in [-0.2, -0.15) is 9.97 Å². The van der Waals surface area contributed by atoms with Crippen LogP contribution in [0.15, 0.2) is 30.3 Å². The van der Waals surface area contributed by atoms with Crippen LogP contribution in [0.25, 0.3) is 16.9 Å². The summed E-state index contributed by atoms with van der Waals surface area (Å²) in [7, 11) is 1.60. The Morgan fingerprint density at radius 2 is 1.90 bits per heavy atom. The molecule has 3 atom stereocenters. The quantitative estimate of drug-likeness (QED) is 0.377. The molecule has 1 amide bonds. The van der Waals surface area contributed by atoms with Crippen LogP contribution in [0.5, 0.6) is 0 Å². The molecule has 1 saturated carbocycles. The van der Waals surface area contributed by atoms with Crippen molar-refractivity contribution in [3.05, 3.63) is 36.2 Å². The van der Waals surface area contributed by atoms with Gasteiger partial charge in [-0.25, -0.2) is 13.8 Å². The van der Waals surface area contributed by atoms with Crippen molar-refractivity contribution < 1.29 is 23.0 Å². The van der Waals surface area contributed by atoms with Gasteiger partial charge in [-0.05, 0) is 31.9 Å². The molecule has 3 heterocycles. The number of imidazole rings is 1. The lowest BCUT2D eigenvalue weighted by Gasteiger charge is -2.39. The zero-order valence-corrected chi connectivity index (χ0v) is 23.5. The van der Waals surface area contributed by atoms with Gasteiger partial charge in [0.05, 0.1) is 30.9 Å². The number of nitrogens with two attached hydrogens (primary N) is 1. The number of methoxy groups -OCH3 is 1. The van der Waals surface area contributed by atoms with Crippen molar-refractivity contribution in [1.82, 2.24) is 24.4 Å². The number of carbonyl (C=O) groups excluding carboxylic acids is 1. The van der Waals surface area contributed by atoms with E-state index < -0.39 is 18.3 Å². The lowest BCUT2D eigenvalue weighted by molar-refractivity contribution is -0.135. The molecule has 1 aliphatic carbocycles. The Morgan fingerprint density at radius 3 is 2.63 bits per heavy atom. The Labute approximate surface area is 238 Å². The minimum atomic E-state index is -2.82. The monoisotopic (exact) mass is 572 g/mol. The summed E-state index contributed by atoms with van der Waals surface area (Å²) in [6, 6.07) is 7.71. The molecule has 11 nitrogen and oxygen atoms in total. The molecule has 2 fully saturated rings. The van der Waals surface area contributed by atoms with Gasteiger partial charge in [0, 0.05) is 44.9 Å². The Kier molecular flexibility index (Phi) is 9.25. The number of amides is 1. The fourth-order valence-corrected chi connectivity index (χ4v) is 5.65. The van der Waals surface area contributed by atoms with Gasteiger partial charge >= 0.3 is 0 Å². The van der Waals surface area contributed by atoms with Gasteiger partial charge in [0.15, 0.2) is 5.82 Å². The number of hydrogen-bond acceptors (Lipinski definition) is 9.